The van der Waals surface area contributed by atoms with E-state index in [-0.39, 0.29) is 17.7 Å². The predicted octanol–water partition coefficient (Wildman–Crippen LogP) is 7.35. The molecule has 0 bridgehead atoms. The van der Waals surface area contributed by atoms with Crippen LogP contribution in [0.2, 0.25) is 0 Å². The van der Waals surface area contributed by atoms with E-state index in [1.807, 2.05) is 54.6 Å². The summed E-state index contributed by atoms with van der Waals surface area (Å²) in [5.41, 5.74) is 2.30. The second-order valence-corrected chi connectivity index (χ2v) is 10.6. The Morgan fingerprint density at radius 2 is 1.70 bits per heavy atom. The largest absolute Gasteiger partial charge is 0.493 e. The van der Waals surface area contributed by atoms with Crippen molar-refractivity contribution in [2.24, 2.45) is 5.92 Å². The van der Waals surface area contributed by atoms with Crippen LogP contribution in [0.1, 0.15) is 65.6 Å². The van der Waals surface area contributed by atoms with Gasteiger partial charge in [0.2, 0.25) is 0 Å². The zero-order valence-corrected chi connectivity index (χ0v) is 23.1. The van der Waals surface area contributed by atoms with E-state index in [0.717, 1.165) is 56.6 Å². The SMILES string of the molecule is CCCCCN1CC[C@@H](c2ccc(C(=O)NCCc3ccccc3)cc2)[C@H](COc2ccc(C(F)(F)F)cc2)C1. The number of piperidine rings is 1. The van der Waals surface area contributed by atoms with Gasteiger partial charge in [0.15, 0.2) is 0 Å². The number of carbonyl (C=O) groups is 1. The minimum atomic E-state index is -4.36. The van der Waals surface area contributed by atoms with Crippen LogP contribution in [-0.2, 0) is 12.6 Å². The molecule has 0 radical (unpaired) electrons. The van der Waals surface area contributed by atoms with Crippen molar-refractivity contribution in [3.8, 4) is 5.75 Å². The van der Waals surface area contributed by atoms with Gasteiger partial charge >= 0.3 is 6.18 Å². The quantitative estimate of drug-likeness (QED) is 0.239. The molecule has 1 aliphatic heterocycles. The second kappa shape index (κ2) is 14.4. The molecule has 1 saturated heterocycles. The summed E-state index contributed by atoms with van der Waals surface area (Å²) in [6, 6.07) is 22.8. The first kappa shape index (κ1) is 29.7. The monoisotopic (exact) mass is 552 g/mol. The number of nitrogens with zero attached hydrogens (tertiary/aromatic N) is 1. The molecule has 1 heterocycles. The molecule has 40 heavy (non-hydrogen) atoms. The maximum atomic E-state index is 12.9. The van der Waals surface area contributed by atoms with Gasteiger partial charge in [0.25, 0.3) is 5.91 Å². The molecule has 1 N–H and O–H groups in total. The van der Waals surface area contributed by atoms with E-state index in [9.17, 15) is 18.0 Å². The van der Waals surface area contributed by atoms with E-state index < -0.39 is 11.7 Å². The van der Waals surface area contributed by atoms with Crippen molar-refractivity contribution in [3.63, 3.8) is 0 Å². The number of amides is 1. The van der Waals surface area contributed by atoms with Gasteiger partial charge in [-0.3, -0.25) is 4.79 Å². The van der Waals surface area contributed by atoms with Crippen molar-refractivity contribution in [2.75, 3.05) is 32.8 Å². The number of alkyl halides is 3. The summed E-state index contributed by atoms with van der Waals surface area (Å²) in [6.07, 6.45) is 0.904. The van der Waals surface area contributed by atoms with Gasteiger partial charge in [0.1, 0.15) is 5.75 Å². The Bertz CT molecular complexity index is 1180. The van der Waals surface area contributed by atoms with Gasteiger partial charge in [0, 0.05) is 24.6 Å². The number of benzene rings is 3. The van der Waals surface area contributed by atoms with Crippen molar-refractivity contribution in [1.82, 2.24) is 10.2 Å². The molecule has 0 unspecified atom stereocenters. The molecule has 0 aromatic heterocycles. The maximum absolute atomic E-state index is 12.9. The molecule has 0 aliphatic carbocycles. The molecule has 2 atom stereocenters. The first-order valence-corrected chi connectivity index (χ1v) is 14.3. The van der Waals surface area contributed by atoms with Crippen LogP contribution in [0.15, 0.2) is 78.9 Å². The maximum Gasteiger partial charge on any atom is 0.416 e. The van der Waals surface area contributed by atoms with Crippen LogP contribution in [0.25, 0.3) is 0 Å². The topological polar surface area (TPSA) is 41.6 Å². The molecule has 1 aliphatic rings. The molecule has 0 spiro atoms. The van der Waals surface area contributed by atoms with Gasteiger partial charge in [-0.2, -0.15) is 13.2 Å². The number of rotatable bonds is 12. The Morgan fingerprint density at radius 1 is 0.975 bits per heavy atom. The van der Waals surface area contributed by atoms with Crippen molar-refractivity contribution >= 4 is 5.91 Å². The average molecular weight is 553 g/mol. The van der Waals surface area contributed by atoms with Gasteiger partial charge in [-0.15, -0.1) is 0 Å². The van der Waals surface area contributed by atoms with Crippen LogP contribution < -0.4 is 10.1 Å². The molecule has 7 heteroatoms. The number of unbranched alkanes of at least 4 members (excludes halogenated alkanes) is 2. The zero-order chi connectivity index (χ0) is 28.4. The Morgan fingerprint density at radius 3 is 2.38 bits per heavy atom. The van der Waals surface area contributed by atoms with Crippen LogP contribution in [0.3, 0.4) is 0 Å². The summed E-state index contributed by atoms with van der Waals surface area (Å²) < 4.78 is 44.9. The van der Waals surface area contributed by atoms with E-state index in [4.69, 9.17) is 4.74 Å². The third-order valence-electron chi connectivity index (χ3n) is 7.68. The number of hydrogen-bond donors (Lipinski definition) is 1. The van der Waals surface area contributed by atoms with Gasteiger partial charge < -0.3 is 15.0 Å². The lowest BCUT2D eigenvalue weighted by molar-refractivity contribution is -0.137. The average Bonchev–Trinajstić information content (AvgIpc) is 2.97. The lowest BCUT2D eigenvalue weighted by Gasteiger charge is -2.39. The molecule has 4 rings (SSSR count). The van der Waals surface area contributed by atoms with Crippen molar-refractivity contribution < 1.29 is 22.7 Å². The summed E-state index contributed by atoms with van der Waals surface area (Å²) in [6.45, 7) is 6.09. The lowest BCUT2D eigenvalue weighted by atomic mass is 9.80. The highest BCUT2D eigenvalue weighted by molar-refractivity contribution is 5.94. The van der Waals surface area contributed by atoms with Crippen molar-refractivity contribution in [2.45, 2.75) is 51.1 Å². The van der Waals surface area contributed by atoms with E-state index >= 15 is 0 Å². The van der Waals surface area contributed by atoms with Gasteiger partial charge in [-0.25, -0.2) is 0 Å². The van der Waals surface area contributed by atoms with Crippen molar-refractivity contribution in [3.05, 3.63) is 101 Å². The molecule has 1 fully saturated rings. The highest BCUT2D eigenvalue weighted by Gasteiger charge is 2.32. The number of ether oxygens (including phenoxy) is 1. The molecule has 0 saturated carbocycles. The van der Waals surface area contributed by atoms with Gasteiger partial charge in [-0.05, 0) is 85.8 Å². The third-order valence-corrected chi connectivity index (χ3v) is 7.68. The number of likely N-dealkylation sites (tertiary alicyclic amines) is 1. The molecule has 1 amide bonds. The number of halogens is 3. The van der Waals surface area contributed by atoms with E-state index in [0.29, 0.717) is 24.5 Å². The minimum Gasteiger partial charge on any atom is -0.493 e. The third kappa shape index (κ3) is 8.59. The molecule has 3 aromatic rings. The molecule has 3 aromatic carbocycles. The molecular weight excluding hydrogens is 513 g/mol. The number of nitrogens with one attached hydrogen (secondary N) is 1. The smallest absolute Gasteiger partial charge is 0.416 e. The zero-order valence-electron chi connectivity index (χ0n) is 23.1. The van der Waals surface area contributed by atoms with Crippen LogP contribution in [0, 0.1) is 5.92 Å². The van der Waals surface area contributed by atoms with E-state index in [2.05, 4.69) is 17.1 Å². The summed E-state index contributed by atoms with van der Waals surface area (Å²) in [4.78, 5) is 15.2. The normalized spacial score (nSPS) is 17.9. The van der Waals surface area contributed by atoms with Gasteiger partial charge in [-0.1, -0.05) is 62.2 Å². The fraction of sp³-hybridized carbons (Fsp3) is 0.424. The summed E-state index contributed by atoms with van der Waals surface area (Å²) in [5.74, 6) is 0.781. The standard InChI is InChI=1S/C33H39F3N2O2/c1-2-3-7-21-38-22-19-31(28(23-38)24-40-30-16-14-29(15-17-30)33(34,35)36)26-10-12-27(13-11-26)32(39)37-20-18-25-8-5-4-6-9-25/h4-6,8-17,28,31H,2-3,7,18-24H2,1H3,(H,37,39)/t28-,31-/m0/s1. The first-order valence-electron chi connectivity index (χ1n) is 14.3. The number of hydrogen-bond acceptors (Lipinski definition) is 3. The van der Waals surface area contributed by atoms with Crippen LogP contribution >= 0.6 is 0 Å². The highest BCUT2D eigenvalue weighted by Crippen LogP contribution is 2.35. The summed E-state index contributed by atoms with van der Waals surface area (Å²) in [7, 11) is 0. The Labute approximate surface area is 235 Å². The second-order valence-electron chi connectivity index (χ2n) is 10.6. The Hall–Kier alpha value is -3.32. The Balaban J connectivity index is 1.38. The Kier molecular flexibility index (Phi) is 10.6. The fourth-order valence-corrected chi connectivity index (χ4v) is 5.40. The molecule has 214 valence electrons. The van der Waals surface area contributed by atoms with Gasteiger partial charge in [0.05, 0.1) is 12.2 Å². The molecular formula is C33H39F3N2O2. The minimum absolute atomic E-state index is 0.0876. The van der Waals surface area contributed by atoms with E-state index in [1.165, 1.54) is 30.5 Å². The highest BCUT2D eigenvalue weighted by atomic mass is 19.4. The van der Waals surface area contributed by atoms with Crippen LogP contribution in [0.5, 0.6) is 5.75 Å². The first-order chi connectivity index (χ1) is 19.3. The predicted molar refractivity (Wildman–Crippen MR) is 153 cm³/mol. The van der Waals surface area contributed by atoms with E-state index in [1.54, 1.807) is 0 Å². The molecule has 4 nitrogen and oxygen atoms in total. The fourth-order valence-electron chi connectivity index (χ4n) is 5.40. The summed E-state index contributed by atoms with van der Waals surface area (Å²) >= 11 is 0. The van der Waals surface area contributed by atoms with Crippen LogP contribution in [0.4, 0.5) is 13.2 Å². The van der Waals surface area contributed by atoms with Crippen LogP contribution in [-0.4, -0.2) is 43.6 Å². The number of carbonyl (C=O) groups excluding carboxylic acids is 1. The lowest BCUT2D eigenvalue weighted by Crippen LogP contribution is -2.42. The summed E-state index contributed by atoms with van der Waals surface area (Å²) in [5, 5.41) is 3.00. The van der Waals surface area contributed by atoms with Crippen molar-refractivity contribution in [1.29, 1.82) is 0 Å².